The zero-order chi connectivity index (χ0) is 12.3. The fraction of sp³-hybridized carbons (Fsp3) is 0.500. The first-order valence-electron chi connectivity index (χ1n) is 5.85. The van der Waals surface area contributed by atoms with Gasteiger partial charge in [-0.25, -0.2) is 10.2 Å². The molecule has 1 aliphatic rings. The second kappa shape index (κ2) is 5.08. The number of nitrogens with zero attached hydrogens (tertiary/aromatic N) is 2. The van der Waals surface area contributed by atoms with Crippen LogP contribution in [0.2, 0.25) is 17.8 Å². The number of aliphatic hydroxyl groups is 1. The van der Waals surface area contributed by atoms with Gasteiger partial charge in [-0.2, -0.15) is 0 Å². The fourth-order valence-electron chi connectivity index (χ4n) is 2.35. The maximum Gasteiger partial charge on any atom is 0.268 e. The molecule has 3 nitrogen and oxygen atoms in total. The second-order valence-corrected chi connectivity index (χ2v) is 5.14. The van der Waals surface area contributed by atoms with Crippen LogP contribution in [-0.4, -0.2) is 22.4 Å². The highest BCUT2D eigenvalue weighted by Crippen LogP contribution is 2.31. The van der Waals surface area contributed by atoms with Gasteiger partial charge in [-0.1, -0.05) is 30.3 Å². The molecule has 0 amide bonds. The number of hydrogen-bond donors (Lipinski definition) is 1. The lowest BCUT2D eigenvalue weighted by molar-refractivity contribution is 0.0274. The minimum absolute atomic E-state index is 0.0996. The molecular formula is C12H14BClN2O. The Morgan fingerprint density at radius 1 is 1.47 bits per heavy atom. The van der Waals surface area contributed by atoms with Gasteiger partial charge >= 0.3 is 0 Å². The first-order valence-corrected chi connectivity index (χ1v) is 6.22. The normalized spacial score (nSPS) is 18.8. The first kappa shape index (κ1) is 12.4. The maximum absolute atomic E-state index is 10.4. The Morgan fingerprint density at radius 3 is 2.76 bits per heavy atom. The maximum atomic E-state index is 10.4. The van der Waals surface area contributed by atoms with E-state index in [1.165, 1.54) is 0 Å². The molecule has 0 radical (unpaired) electrons. The summed E-state index contributed by atoms with van der Waals surface area (Å²) in [7, 11) is 0. The average Bonchev–Trinajstić information content (AvgIpc) is 2.29. The molecule has 0 saturated carbocycles. The molecule has 0 bridgehead atoms. The lowest BCUT2D eigenvalue weighted by Crippen LogP contribution is -2.38. The van der Waals surface area contributed by atoms with Gasteiger partial charge in [0.1, 0.15) is 5.15 Å². The number of aromatic nitrogens is 1. The molecule has 0 atom stereocenters. The molecule has 0 unspecified atom stereocenters. The van der Waals surface area contributed by atoms with E-state index in [0.717, 1.165) is 18.3 Å². The highest BCUT2D eigenvalue weighted by Gasteiger charge is 2.35. The third kappa shape index (κ3) is 3.21. The number of halogens is 1. The Bertz CT molecular complexity index is 438. The number of nitriles is 1. The second-order valence-electron chi connectivity index (χ2n) is 4.76. The van der Waals surface area contributed by atoms with E-state index in [1.54, 1.807) is 6.07 Å². The van der Waals surface area contributed by atoms with Crippen LogP contribution in [0.5, 0.6) is 0 Å². The van der Waals surface area contributed by atoms with Crippen molar-refractivity contribution in [3.63, 3.8) is 0 Å². The van der Waals surface area contributed by atoms with Crippen molar-refractivity contribution >= 4 is 18.3 Å². The van der Waals surface area contributed by atoms with Gasteiger partial charge in [0.05, 0.1) is 5.60 Å². The summed E-state index contributed by atoms with van der Waals surface area (Å²) in [4.78, 5) is 4.19. The summed E-state index contributed by atoms with van der Waals surface area (Å²) in [6.07, 6.45) is 3.39. The Morgan fingerprint density at radius 2 is 2.18 bits per heavy atom. The van der Waals surface area contributed by atoms with E-state index in [4.69, 9.17) is 16.9 Å². The summed E-state index contributed by atoms with van der Waals surface area (Å²) in [5.41, 5.74) is 0.0980. The average molecular weight is 249 g/mol. The van der Waals surface area contributed by atoms with Gasteiger partial charge in [-0.15, -0.1) is 0 Å². The van der Waals surface area contributed by atoms with Crippen molar-refractivity contribution < 1.29 is 5.11 Å². The molecule has 0 spiro atoms. The monoisotopic (exact) mass is 248 g/mol. The van der Waals surface area contributed by atoms with E-state index in [9.17, 15) is 5.11 Å². The molecule has 88 valence electrons. The zero-order valence-electron chi connectivity index (χ0n) is 9.56. The molecule has 1 saturated heterocycles. The summed E-state index contributed by atoms with van der Waals surface area (Å²) in [6.45, 7) is 0.0996. The predicted molar refractivity (Wildman–Crippen MR) is 68.1 cm³/mol. The summed E-state index contributed by atoms with van der Waals surface area (Å²) in [5, 5.41) is 19.7. The molecule has 2 heterocycles. The van der Waals surface area contributed by atoms with E-state index in [2.05, 4.69) is 11.0 Å². The molecule has 0 aliphatic carbocycles. The minimum atomic E-state index is -0.717. The molecule has 1 fully saturated rings. The molecule has 17 heavy (non-hydrogen) atoms. The highest BCUT2D eigenvalue weighted by molar-refractivity contribution is 6.67. The van der Waals surface area contributed by atoms with Crippen LogP contribution in [0.25, 0.3) is 0 Å². The smallest absolute Gasteiger partial charge is 0.268 e. The quantitative estimate of drug-likeness (QED) is 0.646. The van der Waals surface area contributed by atoms with E-state index in [0.29, 0.717) is 24.4 Å². The summed E-state index contributed by atoms with van der Waals surface area (Å²) in [6, 6.07) is 5.44. The molecular weight excluding hydrogens is 234 g/mol. The van der Waals surface area contributed by atoms with Crippen molar-refractivity contribution in [2.24, 2.45) is 0 Å². The van der Waals surface area contributed by atoms with Crippen LogP contribution in [0.4, 0.5) is 0 Å². The van der Waals surface area contributed by atoms with Crippen LogP contribution in [0.15, 0.2) is 18.2 Å². The van der Waals surface area contributed by atoms with Crippen molar-refractivity contribution in [2.75, 3.05) is 0 Å². The standard InChI is InChI=1S/C12H14BClN2O/c14-11-3-1-2-10(16-11)8-12(17)4-6-13(9-15)7-5-12/h1-3,17H,4-8H2. The SMILES string of the molecule is N#CB1CCC(O)(Cc2cccc(Cl)n2)CC1. The highest BCUT2D eigenvalue weighted by atomic mass is 35.5. The van der Waals surface area contributed by atoms with Crippen LogP contribution in [0, 0.1) is 11.2 Å². The molecule has 1 aromatic heterocycles. The van der Waals surface area contributed by atoms with Gasteiger partial charge < -0.3 is 5.11 Å². The Kier molecular flexibility index (Phi) is 3.71. The summed E-state index contributed by atoms with van der Waals surface area (Å²) < 4.78 is 0. The van der Waals surface area contributed by atoms with Crippen LogP contribution >= 0.6 is 11.6 Å². The topological polar surface area (TPSA) is 56.9 Å². The van der Waals surface area contributed by atoms with Crippen molar-refractivity contribution in [2.45, 2.75) is 37.5 Å². The van der Waals surface area contributed by atoms with Crippen LogP contribution in [0.1, 0.15) is 18.5 Å². The third-order valence-corrected chi connectivity index (χ3v) is 3.59. The van der Waals surface area contributed by atoms with Crippen LogP contribution in [0.3, 0.4) is 0 Å². The van der Waals surface area contributed by atoms with E-state index in [1.807, 2.05) is 12.1 Å². The lowest BCUT2D eigenvalue weighted by Gasteiger charge is -2.32. The number of hydrogen-bond acceptors (Lipinski definition) is 3. The summed E-state index contributed by atoms with van der Waals surface area (Å²) >= 11 is 5.82. The van der Waals surface area contributed by atoms with Crippen molar-refractivity contribution in [1.29, 1.82) is 5.26 Å². The lowest BCUT2D eigenvalue weighted by atomic mass is 9.41. The Labute approximate surface area is 107 Å². The third-order valence-electron chi connectivity index (χ3n) is 3.38. The molecule has 1 N–H and O–H groups in total. The fourth-order valence-corrected chi connectivity index (χ4v) is 2.53. The summed E-state index contributed by atoms with van der Waals surface area (Å²) in [5.74, 6) is 2.27. The van der Waals surface area contributed by atoms with Gasteiger partial charge in [-0.3, -0.25) is 0 Å². The van der Waals surface area contributed by atoms with Crippen LogP contribution in [-0.2, 0) is 6.42 Å². The van der Waals surface area contributed by atoms with Gasteiger partial charge in [0.2, 0.25) is 0 Å². The Hall–Kier alpha value is -1.05. The molecule has 1 aromatic rings. The van der Waals surface area contributed by atoms with Gasteiger partial charge in [-0.05, 0) is 25.0 Å². The molecule has 1 aliphatic heterocycles. The van der Waals surface area contributed by atoms with Crippen LogP contribution < -0.4 is 0 Å². The van der Waals surface area contributed by atoms with E-state index < -0.39 is 5.60 Å². The van der Waals surface area contributed by atoms with Gasteiger partial charge in [0, 0.05) is 18.1 Å². The minimum Gasteiger partial charge on any atom is -0.390 e. The van der Waals surface area contributed by atoms with E-state index >= 15 is 0 Å². The predicted octanol–water partition coefficient (Wildman–Crippen LogP) is 2.36. The van der Waals surface area contributed by atoms with Crippen molar-refractivity contribution in [3.05, 3.63) is 29.0 Å². The van der Waals surface area contributed by atoms with Gasteiger partial charge in [0.15, 0.2) is 0 Å². The molecule has 0 aromatic carbocycles. The zero-order valence-corrected chi connectivity index (χ0v) is 10.3. The largest absolute Gasteiger partial charge is 0.390 e. The van der Waals surface area contributed by atoms with Crippen molar-refractivity contribution in [3.8, 4) is 5.97 Å². The number of rotatable bonds is 2. The molecule has 5 heteroatoms. The van der Waals surface area contributed by atoms with Crippen molar-refractivity contribution in [1.82, 2.24) is 4.98 Å². The van der Waals surface area contributed by atoms with E-state index in [-0.39, 0.29) is 6.71 Å². The Balaban J connectivity index is 2.02. The number of pyridine rings is 1. The first-order chi connectivity index (χ1) is 8.11. The molecule has 2 rings (SSSR count). The van der Waals surface area contributed by atoms with Gasteiger partial charge in [0.25, 0.3) is 6.71 Å².